The lowest BCUT2D eigenvalue weighted by Crippen LogP contribution is -2.22. The zero-order chi connectivity index (χ0) is 14.8. The summed E-state index contributed by atoms with van der Waals surface area (Å²) in [6, 6.07) is 8.22. The number of halogens is 1. The van der Waals surface area contributed by atoms with Gasteiger partial charge in [-0.05, 0) is 18.2 Å². The van der Waals surface area contributed by atoms with Crippen molar-refractivity contribution in [2.24, 2.45) is 0 Å². The molecule has 106 valence electrons. The molecule has 0 aliphatic heterocycles. The molecule has 0 aliphatic rings. The maximum Gasteiger partial charge on any atom is 0.345 e. The molecule has 0 fully saturated rings. The van der Waals surface area contributed by atoms with Crippen molar-refractivity contribution >= 4 is 27.3 Å². The third-order valence-corrected chi connectivity index (χ3v) is 5.43. The second-order valence-electron chi connectivity index (χ2n) is 3.84. The third-order valence-electron chi connectivity index (χ3n) is 2.47. The van der Waals surface area contributed by atoms with Crippen LogP contribution >= 0.6 is 11.3 Å². The normalized spacial score (nSPS) is 11.4. The van der Waals surface area contributed by atoms with E-state index in [4.69, 9.17) is 5.11 Å². The van der Waals surface area contributed by atoms with Crippen LogP contribution in [0.4, 0.5) is 4.39 Å². The molecule has 0 aliphatic carbocycles. The smallest absolute Gasteiger partial charge is 0.345 e. The summed E-state index contributed by atoms with van der Waals surface area (Å²) in [6.45, 7) is -0.199. The van der Waals surface area contributed by atoms with Gasteiger partial charge >= 0.3 is 5.97 Å². The van der Waals surface area contributed by atoms with Gasteiger partial charge in [-0.15, -0.1) is 11.3 Å². The van der Waals surface area contributed by atoms with Gasteiger partial charge in [0, 0.05) is 12.1 Å². The van der Waals surface area contributed by atoms with E-state index in [0.717, 1.165) is 0 Å². The first-order chi connectivity index (χ1) is 9.40. The molecule has 1 aromatic carbocycles. The molecule has 0 saturated heterocycles. The Morgan fingerprint density at radius 2 is 1.95 bits per heavy atom. The van der Waals surface area contributed by atoms with E-state index in [-0.39, 0.29) is 21.2 Å². The number of benzene rings is 1. The average Bonchev–Trinajstić information content (AvgIpc) is 2.88. The van der Waals surface area contributed by atoms with Crippen LogP contribution < -0.4 is 4.72 Å². The highest BCUT2D eigenvalue weighted by Crippen LogP contribution is 2.21. The fourth-order valence-electron chi connectivity index (χ4n) is 1.47. The number of carboxylic acid groups (broad SMARTS) is 1. The first kappa shape index (κ1) is 14.6. The molecule has 2 rings (SSSR count). The van der Waals surface area contributed by atoms with Crippen molar-refractivity contribution in [1.82, 2.24) is 4.72 Å². The van der Waals surface area contributed by atoms with Crippen LogP contribution in [-0.4, -0.2) is 19.5 Å². The first-order valence-electron chi connectivity index (χ1n) is 5.46. The molecule has 1 heterocycles. The van der Waals surface area contributed by atoms with E-state index >= 15 is 0 Å². The molecule has 20 heavy (non-hydrogen) atoms. The zero-order valence-corrected chi connectivity index (χ0v) is 11.7. The lowest BCUT2D eigenvalue weighted by molar-refractivity contribution is 0.0702. The van der Waals surface area contributed by atoms with E-state index in [2.05, 4.69) is 4.72 Å². The van der Waals surface area contributed by atoms with E-state index in [9.17, 15) is 17.6 Å². The Kier molecular flexibility index (Phi) is 4.17. The minimum absolute atomic E-state index is 0.0729. The summed E-state index contributed by atoms with van der Waals surface area (Å²) in [5, 5.41) is 8.75. The van der Waals surface area contributed by atoms with Gasteiger partial charge < -0.3 is 5.11 Å². The van der Waals surface area contributed by atoms with Crippen LogP contribution in [0, 0.1) is 5.82 Å². The molecule has 0 unspecified atom stereocenters. The molecule has 0 atom stereocenters. The standard InChI is InChI=1S/C12H10FNO4S2/c13-9-4-2-1-3-8(9)7-14-20(17,18)11-6-5-10(19-11)12(15)16/h1-6,14H,7H2,(H,15,16). The summed E-state index contributed by atoms with van der Waals surface area (Å²) in [5.41, 5.74) is 0.214. The fourth-order valence-corrected chi connectivity index (χ4v) is 3.66. The average molecular weight is 315 g/mol. The van der Waals surface area contributed by atoms with E-state index < -0.39 is 21.8 Å². The topological polar surface area (TPSA) is 83.5 Å². The highest BCUT2D eigenvalue weighted by atomic mass is 32.2. The summed E-state index contributed by atoms with van der Waals surface area (Å²) in [5.74, 6) is -1.70. The van der Waals surface area contributed by atoms with Crippen LogP contribution in [0.1, 0.15) is 15.2 Å². The highest BCUT2D eigenvalue weighted by molar-refractivity contribution is 7.91. The molecule has 2 aromatic rings. The third kappa shape index (κ3) is 3.21. The number of hydrogen-bond acceptors (Lipinski definition) is 4. The number of thiophene rings is 1. The number of hydrogen-bond donors (Lipinski definition) is 2. The largest absolute Gasteiger partial charge is 0.477 e. The second kappa shape index (κ2) is 5.70. The maximum atomic E-state index is 13.4. The first-order valence-corrected chi connectivity index (χ1v) is 7.76. The molecule has 1 aromatic heterocycles. The molecule has 0 spiro atoms. The van der Waals surface area contributed by atoms with Crippen LogP contribution in [0.5, 0.6) is 0 Å². The number of nitrogens with one attached hydrogen (secondary N) is 1. The number of rotatable bonds is 5. The van der Waals surface area contributed by atoms with Crippen molar-refractivity contribution in [2.75, 3.05) is 0 Å². The predicted molar refractivity (Wildman–Crippen MR) is 71.7 cm³/mol. The van der Waals surface area contributed by atoms with Crippen LogP contribution in [0.2, 0.25) is 0 Å². The Morgan fingerprint density at radius 3 is 2.55 bits per heavy atom. The monoisotopic (exact) mass is 315 g/mol. The van der Waals surface area contributed by atoms with Crippen molar-refractivity contribution < 1.29 is 22.7 Å². The van der Waals surface area contributed by atoms with Crippen LogP contribution in [0.25, 0.3) is 0 Å². The zero-order valence-electron chi connectivity index (χ0n) is 10.0. The molecule has 0 radical (unpaired) electrons. The van der Waals surface area contributed by atoms with Crippen LogP contribution in [0.3, 0.4) is 0 Å². The molecule has 0 amide bonds. The molecule has 8 heteroatoms. The van der Waals surface area contributed by atoms with Gasteiger partial charge in [0.05, 0.1) is 0 Å². The fraction of sp³-hybridized carbons (Fsp3) is 0.0833. The maximum absolute atomic E-state index is 13.4. The van der Waals surface area contributed by atoms with E-state index in [0.29, 0.717) is 11.3 Å². The summed E-state index contributed by atoms with van der Waals surface area (Å²) >= 11 is 0.644. The second-order valence-corrected chi connectivity index (χ2v) is 6.92. The van der Waals surface area contributed by atoms with E-state index in [1.807, 2.05) is 0 Å². The van der Waals surface area contributed by atoms with Crippen LogP contribution in [0.15, 0.2) is 40.6 Å². The molecule has 0 bridgehead atoms. The van der Waals surface area contributed by atoms with Crippen molar-refractivity contribution in [3.63, 3.8) is 0 Å². The lowest BCUT2D eigenvalue weighted by atomic mass is 10.2. The SMILES string of the molecule is O=C(O)c1ccc(S(=O)(=O)NCc2ccccc2F)s1. The van der Waals surface area contributed by atoms with Crippen molar-refractivity contribution in [1.29, 1.82) is 0 Å². The molecule has 0 saturated carbocycles. The van der Waals surface area contributed by atoms with E-state index in [1.54, 1.807) is 6.07 Å². The molecule has 5 nitrogen and oxygen atoms in total. The predicted octanol–water partition coefficient (Wildman–Crippen LogP) is 2.06. The molecular formula is C12H10FNO4S2. The van der Waals surface area contributed by atoms with Gasteiger partial charge in [0.1, 0.15) is 14.9 Å². The summed E-state index contributed by atoms with van der Waals surface area (Å²) in [6.07, 6.45) is 0. The minimum atomic E-state index is -3.85. The Morgan fingerprint density at radius 1 is 1.25 bits per heavy atom. The quantitative estimate of drug-likeness (QED) is 0.884. The van der Waals surface area contributed by atoms with Gasteiger partial charge in [-0.2, -0.15) is 0 Å². The van der Waals surface area contributed by atoms with Gasteiger partial charge in [0.2, 0.25) is 10.0 Å². The van der Waals surface area contributed by atoms with Crippen LogP contribution in [-0.2, 0) is 16.6 Å². The van der Waals surface area contributed by atoms with Crippen molar-refractivity contribution in [3.8, 4) is 0 Å². The Hall–Kier alpha value is -1.77. The summed E-state index contributed by atoms with van der Waals surface area (Å²) in [4.78, 5) is 10.6. The molecular weight excluding hydrogens is 305 g/mol. The summed E-state index contributed by atoms with van der Waals surface area (Å²) in [7, 11) is -3.85. The van der Waals surface area contributed by atoms with Gasteiger partial charge in [-0.3, -0.25) is 0 Å². The van der Waals surface area contributed by atoms with Gasteiger partial charge in [-0.1, -0.05) is 18.2 Å². The minimum Gasteiger partial charge on any atom is -0.477 e. The van der Waals surface area contributed by atoms with E-state index in [1.165, 1.54) is 30.3 Å². The van der Waals surface area contributed by atoms with Gasteiger partial charge in [-0.25, -0.2) is 22.3 Å². The summed E-state index contributed by atoms with van der Waals surface area (Å²) < 4.78 is 39.4. The number of carbonyl (C=O) groups is 1. The molecule has 2 N–H and O–H groups in total. The number of carboxylic acids is 1. The Balaban J connectivity index is 2.15. The van der Waals surface area contributed by atoms with Crippen molar-refractivity contribution in [3.05, 3.63) is 52.7 Å². The van der Waals surface area contributed by atoms with Gasteiger partial charge in [0.25, 0.3) is 0 Å². The van der Waals surface area contributed by atoms with Crippen molar-refractivity contribution in [2.45, 2.75) is 10.8 Å². The highest BCUT2D eigenvalue weighted by Gasteiger charge is 2.19. The lowest BCUT2D eigenvalue weighted by Gasteiger charge is -2.05. The number of sulfonamides is 1. The Labute approximate surface area is 118 Å². The number of aromatic carboxylic acids is 1. The van der Waals surface area contributed by atoms with Gasteiger partial charge in [0.15, 0.2) is 0 Å². The Bertz CT molecular complexity index is 739.